The quantitative estimate of drug-likeness (QED) is 0.593. The van der Waals surface area contributed by atoms with Crippen LogP contribution in [0.2, 0.25) is 0 Å². The molecule has 0 unspecified atom stereocenters. The van der Waals surface area contributed by atoms with Crippen molar-refractivity contribution >= 4 is 12.1 Å². The zero-order valence-corrected chi connectivity index (χ0v) is 14.9. The SMILES string of the molecule is CCOC(=O)c1ccccc1OC(=O)Oc1ccc(C(C)(C)C)cc1. The number of hydrogen-bond acceptors (Lipinski definition) is 5. The van der Waals surface area contributed by atoms with Crippen LogP contribution in [0.15, 0.2) is 48.5 Å². The molecule has 0 atom stereocenters. The van der Waals surface area contributed by atoms with Crippen molar-refractivity contribution < 1.29 is 23.8 Å². The maximum atomic E-state index is 12.0. The summed E-state index contributed by atoms with van der Waals surface area (Å²) in [5.41, 5.74) is 1.31. The molecule has 132 valence electrons. The summed E-state index contributed by atoms with van der Waals surface area (Å²) in [5.74, 6) is -0.0932. The highest BCUT2D eigenvalue weighted by Crippen LogP contribution is 2.25. The molecule has 0 saturated carbocycles. The Morgan fingerprint density at radius 3 is 2.16 bits per heavy atom. The Morgan fingerprint density at radius 1 is 0.920 bits per heavy atom. The first-order chi connectivity index (χ1) is 11.8. The second-order valence-corrected chi connectivity index (χ2v) is 6.45. The molecule has 5 heteroatoms. The van der Waals surface area contributed by atoms with Gasteiger partial charge < -0.3 is 14.2 Å². The van der Waals surface area contributed by atoms with Crippen LogP contribution in [0.25, 0.3) is 0 Å². The zero-order chi connectivity index (χ0) is 18.4. The van der Waals surface area contributed by atoms with E-state index in [1.165, 1.54) is 12.1 Å². The maximum absolute atomic E-state index is 12.0. The van der Waals surface area contributed by atoms with Gasteiger partial charge in [-0.15, -0.1) is 0 Å². The van der Waals surface area contributed by atoms with E-state index >= 15 is 0 Å². The van der Waals surface area contributed by atoms with Crippen LogP contribution in [0.4, 0.5) is 4.79 Å². The van der Waals surface area contributed by atoms with Gasteiger partial charge in [-0.25, -0.2) is 9.59 Å². The predicted molar refractivity (Wildman–Crippen MR) is 94.2 cm³/mol. The van der Waals surface area contributed by atoms with Crippen molar-refractivity contribution in [3.8, 4) is 11.5 Å². The van der Waals surface area contributed by atoms with Crippen LogP contribution in [0.5, 0.6) is 11.5 Å². The van der Waals surface area contributed by atoms with Gasteiger partial charge in [0.25, 0.3) is 0 Å². The van der Waals surface area contributed by atoms with Crippen LogP contribution in [0, 0.1) is 0 Å². The Labute approximate surface area is 147 Å². The van der Waals surface area contributed by atoms with Gasteiger partial charge in [0.05, 0.1) is 6.61 Å². The fraction of sp³-hybridized carbons (Fsp3) is 0.300. The van der Waals surface area contributed by atoms with Gasteiger partial charge in [0.1, 0.15) is 17.1 Å². The van der Waals surface area contributed by atoms with Gasteiger partial charge in [-0.05, 0) is 42.2 Å². The normalized spacial score (nSPS) is 10.9. The minimum atomic E-state index is -0.916. The Kier molecular flexibility index (Phi) is 5.80. The Bertz CT molecular complexity index is 741. The topological polar surface area (TPSA) is 61.8 Å². The molecule has 0 N–H and O–H groups in total. The summed E-state index contributed by atoms with van der Waals surface area (Å²) >= 11 is 0. The van der Waals surface area contributed by atoms with Gasteiger partial charge in [-0.3, -0.25) is 0 Å². The summed E-state index contributed by atoms with van der Waals surface area (Å²) in [5, 5.41) is 0. The maximum Gasteiger partial charge on any atom is 0.519 e. The van der Waals surface area contributed by atoms with Crippen molar-refractivity contribution in [2.75, 3.05) is 6.61 Å². The molecule has 2 aromatic carbocycles. The lowest BCUT2D eigenvalue weighted by Gasteiger charge is -2.18. The van der Waals surface area contributed by atoms with Crippen LogP contribution < -0.4 is 9.47 Å². The molecule has 0 saturated heterocycles. The van der Waals surface area contributed by atoms with E-state index < -0.39 is 12.1 Å². The summed E-state index contributed by atoms with van der Waals surface area (Å²) in [7, 11) is 0. The second-order valence-electron chi connectivity index (χ2n) is 6.45. The van der Waals surface area contributed by atoms with Crippen LogP contribution >= 0.6 is 0 Å². The molecule has 2 rings (SSSR count). The second kappa shape index (κ2) is 7.83. The summed E-state index contributed by atoms with van der Waals surface area (Å²) in [4.78, 5) is 23.9. The summed E-state index contributed by atoms with van der Waals surface area (Å²) < 4.78 is 15.3. The lowest BCUT2D eigenvalue weighted by atomic mass is 9.87. The van der Waals surface area contributed by atoms with Crippen LogP contribution in [0.3, 0.4) is 0 Å². The van der Waals surface area contributed by atoms with E-state index in [4.69, 9.17) is 14.2 Å². The molecular weight excluding hydrogens is 320 g/mol. The fourth-order valence-electron chi connectivity index (χ4n) is 2.16. The predicted octanol–water partition coefficient (Wildman–Crippen LogP) is 4.74. The third kappa shape index (κ3) is 5.08. The number of rotatable bonds is 4. The lowest BCUT2D eigenvalue weighted by Crippen LogP contribution is -2.17. The van der Waals surface area contributed by atoms with Crippen LogP contribution in [-0.4, -0.2) is 18.7 Å². The third-order valence-electron chi connectivity index (χ3n) is 3.50. The molecule has 0 amide bonds. The smallest absolute Gasteiger partial charge is 0.462 e. The minimum absolute atomic E-state index is 0.0115. The first-order valence-corrected chi connectivity index (χ1v) is 8.07. The average molecular weight is 342 g/mol. The molecule has 0 aliphatic rings. The van der Waals surface area contributed by atoms with Gasteiger partial charge in [-0.2, -0.15) is 0 Å². The molecule has 0 heterocycles. The molecule has 0 spiro atoms. The third-order valence-corrected chi connectivity index (χ3v) is 3.50. The number of carbonyl (C=O) groups is 2. The Balaban J connectivity index is 2.07. The van der Waals surface area contributed by atoms with Gasteiger partial charge in [0, 0.05) is 0 Å². The van der Waals surface area contributed by atoms with Crippen LogP contribution in [-0.2, 0) is 10.2 Å². The minimum Gasteiger partial charge on any atom is -0.462 e. The number of hydrogen-bond donors (Lipinski definition) is 0. The molecule has 0 aromatic heterocycles. The van der Waals surface area contributed by atoms with Crippen molar-refractivity contribution in [1.29, 1.82) is 0 Å². The van der Waals surface area contributed by atoms with Gasteiger partial charge in [-0.1, -0.05) is 45.0 Å². The van der Waals surface area contributed by atoms with E-state index in [2.05, 4.69) is 20.8 Å². The van der Waals surface area contributed by atoms with Crippen molar-refractivity contribution in [1.82, 2.24) is 0 Å². The zero-order valence-electron chi connectivity index (χ0n) is 14.9. The van der Waals surface area contributed by atoms with Crippen molar-refractivity contribution in [2.24, 2.45) is 0 Å². The Hall–Kier alpha value is -2.82. The number of benzene rings is 2. The van der Waals surface area contributed by atoms with Crippen molar-refractivity contribution in [3.05, 3.63) is 59.7 Å². The van der Waals surface area contributed by atoms with E-state index in [9.17, 15) is 9.59 Å². The van der Waals surface area contributed by atoms with E-state index in [-0.39, 0.29) is 23.3 Å². The highest BCUT2D eigenvalue weighted by molar-refractivity contribution is 5.93. The highest BCUT2D eigenvalue weighted by atomic mass is 16.7. The summed E-state index contributed by atoms with van der Waals surface area (Å²) in [6, 6.07) is 13.6. The molecule has 0 fully saturated rings. The standard InChI is InChI=1S/C20H22O5/c1-5-23-18(21)16-8-6-7-9-17(16)25-19(22)24-15-12-10-14(11-13-15)20(2,3)4/h6-13H,5H2,1-4H3. The first kappa shape index (κ1) is 18.5. The van der Waals surface area contributed by atoms with Crippen molar-refractivity contribution in [3.63, 3.8) is 0 Å². The van der Waals surface area contributed by atoms with Gasteiger partial charge in [0.2, 0.25) is 0 Å². The van der Waals surface area contributed by atoms with Crippen LogP contribution in [0.1, 0.15) is 43.6 Å². The van der Waals surface area contributed by atoms with Gasteiger partial charge in [0.15, 0.2) is 0 Å². The molecular formula is C20H22O5. The average Bonchev–Trinajstić information content (AvgIpc) is 2.55. The molecule has 2 aromatic rings. The summed E-state index contributed by atoms with van der Waals surface area (Å²) in [6.07, 6.45) is -0.916. The lowest BCUT2D eigenvalue weighted by molar-refractivity contribution is 0.0522. The molecule has 0 bridgehead atoms. The monoisotopic (exact) mass is 342 g/mol. The Morgan fingerprint density at radius 2 is 1.56 bits per heavy atom. The first-order valence-electron chi connectivity index (χ1n) is 8.07. The molecule has 0 aliphatic carbocycles. The van der Waals surface area contributed by atoms with E-state index in [0.717, 1.165) is 5.56 Å². The molecule has 5 nitrogen and oxygen atoms in total. The summed E-state index contributed by atoms with van der Waals surface area (Å²) in [6.45, 7) is 8.24. The van der Waals surface area contributed by atoms with E-state index in [1.54, 1.807) is 31.2 Å². The largest absolute Gasteiger partial charge is 0.519 e. The van der Waals surface area contributed by atoms with Crippen molar-refractivity contribution in [2.45, 2.75) is 33.1 Å². The molecule has 0 radical (unpaired) electrons. The van der Waals surface area contributed by atoms with Gasteiger partial charge >= 0.3 is 12.1 Å². The van der Waals surface area contributed by atoms with E-state index in [1.807, 2.05) is 12.1 Å². The number of para-hydroxylation sites is 1. The number of carbonyl (C=O) groups excluding carboxylic acids is 2. The highest BCUT2D eigenvalue weighted by Gasteiger charge is 2.18. The molecule has 25 heavy (non-hydrogen) atoms. The number of esters is 1. The molecule has 0 aliphatic heterocycles. The fourth-order valence-corrected chi connectivity index (χ4v) is 2.16. The van der Waals surface area contributed by atoms with E-state index in [0.29, 0.717) is 5.75 Å². The number of ether oxygens (including phenoxy) is 3.